The number of nitrogens with one attached hydrogen (secondary N) is 2. The van der Waals surface area contributed by atoms with Crippen molar-refractivity contribution in [2.24, 2.45) is 0 Å². The molecule has 0 bridgehead atoms. The summed E-state index contributed by atoms with van der Waals surface area (Å²) in [6.07, 6.45) is 6.60. The van der Waals surface area contributed by atoms with Gasteiger partial charge in [0.1, 0.15) is 11.6 Å². The fourth-order valence-electron chi connectivity index (χ4n) is 2.88. The van der Waals surface area contributed by atoms with Gasteiger partial charge >= 0.3 is 0 Å². The first-order valence-electron chi connectivity index (χ1n) is 8.17. The number of amides is 2. The van der Waals surface area contributed by atoms with E-state index in [2.05, 4.69) is 25.6 Å². The van der Waals surface area contributed by atoms with Gasteiger partial charge in [0.25, 0.3) is 0 Å². The molecule has 3 rings (SSSR count). The third kappa shape index (κ3) is 4.28. The van der Waals surface area contributed by atoms with E-state index in [0.717, 1.165) is 18.5 Å². The van der Waals surface area contributed by atoms with Gasteiger partial charge in [-0.1, -0.05) is 6.07 Å². The molecule has 0 aromatic carbocycles. The SMILES string of the molecule is CC(=O)NCC(=O)N1CCC[C@@H]1c1cccc(Nc2cnccn2)n1. The largest absolute Gasteiger partial charge is 0.347 e. The molecule has 1 aliphatic rings. The second-order valence-corrected chi connectivity index (χ2v) is 5.82. The summed E-state index contributed by atoms with van der Waals surface area (Å²) in [5, 5.41) is 5.67. The number of pyridine rings is 1. The van der Waals surface area contributed by atoms with Crippen LogP contribution in [0.5, 0.6) is 0 Å². The fraction of sp³-hybridized carbons (Fsp3) is 0.353. The number of carbonyl (C=O) groups excluding carboxylic acids is 2. The van der Waals surface area contributed by atoms with Crippen LogP contribution in [0.25, 0.3) is 0 Å². The van der Waals surface area contributed by atoms with E-state index in [1.54, 1.807) is 23.5 Å². The minimum absolute atomic E-state index is 0.0172. The molecule has 2 N–H and O–H groups in total. The average molecular weight is 340 g/mol. The Labute approximate surface area is 145 Å². The van der Waals surface area contributed by atoms with Crippen molar-refractivity contribution in [2.45, 2.75) is 25.8 Å². The minimum Gasteiger partial charge on any atom is -0.347 e. The lowest BCUT2D eigenvalue weighted by Gasteiger charge is -2.24. The third-order valence-electron chi connectivity index (χ3n) is 3.99. The highest BCUT2D eigenvalue weighted by molar-refractivity contribution is 5.84. The van der Waals surface area contributed by atoms with Crippen LogP contribution in [0.15, 0.2) is 36.8 Å². The van der Waals surface area contributed by atoms with Gasteiger partial charge in [0, 0.05) is 25.9 Å². The second kappa shape index (κ2) is 7.69. The number of hydrogen-bond donors (Lipinski definition) is 2. The zero-order valence-electron chi connectivity index (χ0n) is 14.0. The Morgan fingerprint density at radius 2 is 2.16 bits per heavy atom. The highest BCUT2D eigenvalue weighted by Gasteiger charge is 2.30. The first-order chi connectivity index (χ1) is 12.1. The maximum atomic E-state index is 12.4. The lowest BCUT2D eigenvalue weighted by atomic mass is 10.1. The highest BCUT2D eigenvalue weighted by Crippen LogP contribution is 2.31. The smallest absolute Gasteiger partial charge is 0.242 e. The summed E-state index contributed by atoms with van der Waals surface area (Å²) in [5.74, 6) is 0.959. The van der Waals surface area contributed by atoms with E-state index in [9.17, 15) is 9.59 Å². The van der Waals surface area contributed by atoms with Crippen molar-refractivity contribution >= 4 is 23.5 Å². The zero-order chi connectivity index (χ0) is 17.6. The Balaban J connectivity index is 1.73. The van der Waals surface area contributed by atoms with E-state index in [1.165, 1.54) is 6.92 Å². The summed E-state index contributed by atoms with van der Waals surface area (Å²) >= 11 is 0. The lowest BCUT2D eigenvalue weighted by molar-refractivity contribution is -0.133. The average Bonchev–Trinajstić information content (AvgIpc) is 3.10. The van der Waals surface area contributed by atoms with Crippen molar-refractivity contribution in [3.05, 3.63) is 42.5 Å². The number of nitrogens with zero attached hydrogens (tertiary/aromatic N) is 4. The van der Waals surface area contributed by atoms with Gasteiger partial charge in [0.2, 0.25) is 11.8 Å². The molecule has 0 radical (unpaired) electrons. The number of hydrogen-bond acceptors (Lipinski definition) is 6. The summed E-state index contributed by atoms with van der Waals surface area (Å²) in [5.41, 5.74) is 0.822. The first-order valence-corrected chi connectivity index (χ1v) is 8.17. The van der Waals surface area contributed by atoms with Crippen molar-refractivity contribution in [1.29, 1.82) is 0 Å². The molecule has 0 unspecified atom stereocenters. The van der Waals surface area contributed by atoms with Crippen LogP contribution < -0.4 is 10.6 Å². The van der Waals surface area contributed by atoms with Gasteiger partial charge in [-0.05, 0) is 25.0 Å². The van der Waals surface area contributed by atoms with Crippen LogP contribution in [-0.4, -0.2) is 44.8 Å². The van der Waals surface area contributed by atoms with Crippen LogP contribution in [-0.2, 0) is 9.59 Å². The molecule has 1 fully saturated rings. The molecule has 3 heterocycles. The van der Waals surface area contributed by atoms with Gasteiger partial charge < -0.3 is 15.5 Å². The summed E-state index contributed by atoms with van der Waals surface area (Å²) in [4.78, 5) is 38.0. The predicted molar refractivity (Wildman–Crippen MR) is 91.9 cm³/mol. The van der Waals surface area contributed by atoms with Gasteiger partial charge in [-0.15, -0.1) is 0 Å². The van der Waals surface area contributed by atoms with Crippen molar-refractivity contribution in [2.75, 3.05) is 18.4 Å². The monoisotopic (exact) mass is 340 g/mol. The molecule has 130 valence electrons. The van der Waals surface area contributed by atoms with E-state index < -0.39 is 0 Å². The van der Waals surface area contributed by atoms with Crippen LogP contribution in [0.2, 0.25) is 0 Å². The Kier molecular flexibility index (Phi) is 5.17. The molecule has 2 aromatic rings. The van der Waals surface area contributed by atoms with Gasteiger partial charge in [-0.3, -0.25) is 14.6 Å². The predicted octanol–water partition coefficient (Wildman–Crippen LogP) is 1.41. The van der Waals surface area contributed by atoms with Crippen molar-refractivity contribution < 1.29 is 9.59 Å². The molecule has 2 aromatic heterocycles. The summed E-state index contributed by atoms with van der Waals surface area (Å²) in [6, 6.07) is 5.58. The number of likely N-dealkylation sites (tertiary alicyclic amines) is 1. The molecule has 25 heavy (non-hydrogen) atoms. The number of carbonyl (C=O) groups is 2. The second-order valence-electron chi connectivity index (χ2n) is 5.82. The zero-order valence-corrected chi connectivity index (χ0v) is 14.0. The summed E-state index contributed by atoms with van der Waals surface area (Å²) < 4.78 is 0. The molecule has 0 saturated carbocycles. The summed E-state index contributed by atoms with van der Waals surface area (Å²) in [6.45, 7) is 2.09. The quantitative estimate of drug-likeness (QED) is 0.854. The first kappa shape index (κ1) is 16.8. The lowest BCUT2D eigenvalue weighted by Crippen LogP contribution is -2.39. The van der Waals surface area contributed by atoms with Crippen molar-refractivity contribution in [3.63, 3.8) is 0 Å². The molecule has 1 saturated heterocycles. The highest BCUT2D eigenvalue weighted by atomic mass is 16.2. The molecule has 2 amide bonds. The van der Waals surface area contributed by atoms with E-state index >= 15 is 0 Å². The maximum Gasteiger partial charge on any atom is 0.242 e. The Morgan fingerprint density at radius 3 is 2.92 bits per heavy atom. The van der Waals surface area contributed by atoms with Gasteiger partial charge in [-0.2, -0.15) is 0 Å². The number of rotatable bonds is 5. The van der Waals surface area contributed by atoms with Crippen molar-refractivity contribution in [1.82, 2.24) is 25.2 Å². The van der Waals surface area contributed by atoms with Crippen LogP contribution in [0, 0.1) is 0 Å². The minimum atomic E-state index is -0.211. The number of anilines is 2. The van der Waals surface area contributed by atoms with E-state index in [-0.39, 0.29) is 24.4 Å². The van der Waals surface area contributed by atoms with Gasteiger partial charge in [0.15, 0.2) is 0 Å². The normalized spacial score (nSPS) is 16.5. The molecule has 0 spiro atoms. The van der Waals surface area contributed by atoms with Crippen LogP contribution in [0.3, 0.4) is 0 Å². The standard InChI is InChI=1S/C17H20N6O2/c1-12(24)20-11-17(25)23-9-3-5-14(23)13-4-2-6-15(21-13)22-16-10-18-7-8-19-16/h2,4,6-8,10,14H,3,5,9,11H2,1H3,(H,20,24)(H,19,21,22)/t14-/m1/s1. The Bertz CT molecular complexity index is 752. The van der Waals surface area contributed by atoms with Crippen molar-refractivity contribution in [3.8, 4) is 0 Å². The Hall–Kier alpha value is -3.03. The van der Waals surface area contributed by atoms with Crippen LogP contribution in [0.1, 0.15) is 31.5 Å². The third-order valence-corrected chi connectivity index (χ3v) is 3.99. The molecule has 8 heteroatoms. The molecule has 8 nitrogen and oxygen atoms in total. The van der Waals surface area contributed by atoms with E-state index in [0.29, 0.717) is 18.2 Å². The van der Waals surface area contributed by atoms with Crippen LogP contribution in [0.4, 0.5) is 11.6 Å². The van der Waals surface area contributed by atoms with Gasteiger partial charge in [-0.25, -0.2) is 9.97 Å². The molecule has 0 aliphatic carbocycles. The van der Waals surface area contributed by atoms with E-state index in [1.807, 2.05) is 18.2 Å². The topological polar surface area (TPSA) is 100 Å². The van der Waals surface area contributed by atoms with E-state index in [4.69, 9.17) is 0 Å². The molecular weight excluding hydrogens is 320 g/mol. The summed E-state index contributed by atoms with van der Waals surface area (Å²) in [7, 11) is 0. The maximum absolute atomic E-state index is 12.4. The molecular formula is C17H20N6O2. The van der Waals surface area contributed by atoms with Gasteiger partial charge in [0.05, 0.1) is 24.5 Å². The van der Waals surface area contributed by atoms with Crippen LogP contribution >= 0.6 is 0 Å². The molecule has 1 aliphatic heterocycles. The Morgan fingerprint density at radius 1 is 1.28 bits per heavy atom. The fourth-order valence-corrected chi connectivity index (χ4v) is 2.88. The number of aromatic nitrogens is 3. The molecule has 1 atom stereocenters.